The zero-order valence-electron chi connectivity index (χ0n) is 15.8. The van der Waals surface area contributed by atoms with E-state index in [1.165, 1.54) is 12.1 Å². The molecule has 1 amide bonds. The van der Waals surface area contributed by atoms with Crippen LogP contribution in [0.2, 0.25) is 0 Å². The van der Waals surface area contributed by atoms with Crippen LogP contribution in [0.5, 0.6) is 0 Å². The maximum atomic E-state index is 13.1. The van der Waals surface area contributed by atoms with Crippen LogP contribution in [0.3, 0.4) is 0 Å². The van der Waals surface area contributed by atoms with Crippen molar-refractivity contribution in [2.24, 2.45) is 0 Å². The Morgan fingerprint density at radius 1 is 0.893 bits per heavy atom. The third kappa shape index (κ3) is 4.31. The SMILES string of the molecule is O=C(CCN1CCN(c2ccc(F)cc2)CC1)Nc1cccc2ccccc12. The van der Waals surface area contributed by atoms with Gasteiger partial charge in [0.1, 0.15) is 5.82 Å². The summed E-state index contributed by atoms with van der Waals surface area (Å²) in [6.07, 6.45) is 0.472. The quantitative estimate of drug-likeness (QED) is 0.726. The first kappa shape index (κ1) is 18.4. The average molecular weight is 377 g/mol. The Morgan fingerprint density at radius 3 is 2.39 bits per heavy atom. The number of anilines is 2. The number of benzene rings is 3. The largest absolute Gasteiger partial charge is 0.369 e. The fourth-order valence-corrected chi connectivity index (χ4v) is 3.69. The highest BCUT2D eigenvalue weighted by Crippen LogP contribution is 2.23. The molecule has 3 aromatic rings. The van der Waals surface area contributed by atoms with Crippen molar-refractivity contribution >= 4 is 28.1 Å². The second-order valence-electron chi connectivity index (χ2n) is 7.13. The minimum atomic E-state index is -0.209. The van der Waals surface area contributed by atoms with E-state index in [0.29, 0.717) is 6.42 Å². The Hall–Kier alpha value is -2.92. The van der Waals surface area contributed by atoms with Crippen LogP contribution in [0.1, 0.15) is 6.42 Å². The van der Waals surface area contributed by atoms with Crippen molar-refractivity contribution in [1.82, 2.24) is 4.90 Å². The zero-order valence-corrected chi connectivity index (χ0v) is 15.8. The molecule has 4 nitrogen and oxygen atoms in total. The molecule has 0 saturated carbocycles. The molecule has 0 aromatic heterocycles. The molecular formula is C23H24FN3O. The summed E-state index contributed by atoms with van der Waals surface area (Å²) in [6.45, 7) is 4.32. The van der Waals surface area contributed by atoms with E-state index in [1.54, 1.807) is 0 Å². The number of nitrogens with one attached hydrogen (secondary N) is 1. The first-order valence-electron chi connectivity index (χ1n) is 9.69. The molecule has 5 heteroatoms. The molecule has 0 aliphatic carbocycles. The second kappa shape index (κ2) is 8.40. The van der Waals surface area contributed by atoms with Gasteiger partial charge in [-0.15, -0.1) is 0 Å². The number of amides is 1. The van der Waals surface area contributed by atoms with E-state index in [0.717, 1.165) is 54.9 Å². The van der Waals surface area contributed by atoms with Crippen molar-refractivity contribution in [2.45, 2.75) is 6.42 Å². The first-order chi connectivity index (χ1) is 13.7. The van der Waals surface area contributed by atoms with Crippen LogP contribution in [0.25, 0.3) is 10.8 Å². The van der Waals surface area contributed by atoms with Gasteiger partial charge in [-0.05, 0) is 35.7 Å². The fourth-order valence-electron chi connectivity index (χ4n) is 3.69. The summed E-state index contributed by atoms with van der Waals surface area (Å²) in [4.78, 5) is 17.0. The van der Waals surface area contributed by atoms with Gasteiger partial charge in [0.05, 0.1) is 0 Å². The molecule has 0 spiro atoms. The Balaban J connectivity index is 1.27. The van der Waals surface area contributed by atoms with Gasteiger partial charge in [-0.2, -0.15) is 0 Å². The maximum absolute atomic E-state index is 13.1. The van der Waals surface area contributed by atoms with Crippen LogP contribution in [0.4, 0.5) is 15.8 Å². The van der Waals surface area contributed by atoms with Gasteiger partial charge in [-0.1, -0.05) is 36.4 Å². The lowest BCUT2D eigenvalue weighted by Gasteiger charge is -2.36. The number of fused-ring (bicyclic) bond motifs is 1. The molecule has 0 unspecified atom stereocenters. The Labute approximate surface area is 164 Å². The summed E-state index contributed by atoms with van der Waals surface area (Å²) in [6, 6.07) is 20.7. The van der Waals surface area contributed by atoms with E-state index in [2.05, 4.69) is 15.1 Å². The molecule has 1 heterocycles. The summed E-state index contributed by atoms with van der Waals surface area (Å²) in [5, 5.41) is 5.24. The molecule has 0 radical (unpaired) electrons. The van der Waals surface area contributed by atoms with Gasteiger partial charge in [-0.3, -0.25) is 9.69 Å². The Bertz CT molecular complexity index is 944. The molecule has 4 rings (SSSR count). The molecular weight excluding hydrogens is 353 g/mol. The predicted molar refractivity (Wildman–Crippen MR) is 112 cm³/mol. The van der Waals surface area contributed by atoms with Gasteiger partial charge < -0.3 is 10.2 Å². The van der Waals surface area contributed by atoms with Gasteiger partial charge >= 0.3 is 0 Å². The van der Waals surface area contributed by atoms with Gasteiger partial charge in [0.2, 0.25) is 5.91 Å². The number of halogens is 1. The van der Waals surface area contributed by atoms with E-state index in [4.69, 9.17) is 0 Å². The monoisotopic (exact) mass is 377 g/mol. The zero-order chi connectivity index (χ0) is 19.3. The number of carbonyl (C=O) groups is 1. The van der Waals surface area contributed by atoms with Crippen molar-refractivity contribution < 1.29 is 9.18 Å². The Morgan fingerprint density at radius 2 is 1.61 bits per heavy atom. The highest BCUT2D eigenvalue weighted by molar-refractivity contribution is 6.02. The average Bonchev–Trinajstić information content (AvgIpc) is 2.74. The smallest absolute Gasteiger partial charge is 0.225 e. The summed E-state index contributed by atoms with van der Waals surface area (Å²) in [5.41, 5.74) is 1.92. The lowest BCUT2D eigenvalue weighted by atomic mass is 10.1. The lowest BCUT2D eigenvalue weighted by Crippen LogP contribution is -2.47. The van der Waals surface area contributed by atoms with Crippen LogP contribution in [0, 0.1) is 5.82 Å². The van der Waals surface area contributed by atoms with Gasteiger partial charge in [0.25, 0.3) is 0 Å². The molecule has 1 N–H and O–H groups in total. The summed E-state index contributed by atoms with van der Waals surface area (Å²) in [7, 11) is 0. The van der Waals surface area contributed by atoms with Crippen molar-refractivity contribution in [2.75, 3.05) is 42.9 Å². The molecule has 1 aliphatic heterocycles. The fraction of sp³-hybridized carbons (Fsp3) is 0.261. The Kier molecular flexibility index (Phi) is 5.53. The third-order valence-electron chi connectivity index (χ3n) is 5.28. The van der Waals surface area contributed by atoms with E-state index >= 15 is 0 Å². The minimum Gasteiger partial charge on any atom is -0.369 e. The number of piperazine rings is 1. The van der Waals surface area contributed by atoms with Crippen LogP contribution < -0.4 is 10.2 Å². The van der Waals surface area contributed by atoms with Crippen LogP contribution in [-0.4, -0.2) is 43.5 Å². The van der Waals surface area contributed by atoms with Crippen LogP contribution in [-0.2, 0) is 4.79 Å². The summed E-state index contributed by atoms with van der Waals surface area (Å²) >= 11 is 0. The number of rotatable bonds is 5. The minimum absolute atomic E-state index is 0.0392. The van der Waals surface area contributed by atoms with Crippen molar-refractivity contribution in [3.8, 4) is 0 Å². The standard InChI is InChI=1S/C23H24FN3O/c24-19-8-10-20(11-9-19)27-16-14-26(15-17-27)13-12-23(28)25-22-7-3-5-18-4-1-2-6-21(18)22/h1-11H,12-17H2,(H,25,28). The van der Waals surface area contributed by atoms with Crippen LogP contribution in [0.15, 0.2) is 66.7 Å². The van der Waals surface area contributed by atoms with E-state index < -0.39 is 0 Å². The maximum Gasteiger partial charge on any atom is 0.225 e. The van der Waals surface area contributed by atoms with Crippen molar-refractivity contribution in [3.05, 3.63) is 72.5 Å². The number of hydrogen-bond donors (Lipinski definition) is 1. The molecule has 28 heavy (non-hydrogen) atoms. The number of carbonyl (C=O) groups excluding carboxylic acids is 1. The highest BCUT2D eigenvalue weighted by Gasteiger charge is 2.18. The number of nitrogens with zero attached hydrogens (tertiary/aromatic N) is 2. The second-order valence-corrected chi connectivity index (χ2v) is 7.13. The third-order valence-corrected chi connectivity index (χ3v) is 5.28. The summed E-state index contributed by atoms with van der Waals surface area (Å²) < 4.78 is 13.1. The predicted octanol–water partition coefficient (Wildman–Crippen LogP) is 4.13. The van der Waals surface area contributed by atoms with Gasteiger partial charge in [0.15, 0.2) is 0 Å². The number of hydrogen-bond acceptors (Lipinski definition) is 3. The molecule has 1 saturated heterocycles. The topological polar surface area (TPSA) is 35.6 Å². The van der Waals surface area contributed by atoms with E-state index in [1.807, 2.05) is 54.6 Å². The van der Waals surface area contributed by atoms with E-state index in [-0.39, 0.29) is 11.7 Å². The molecule has 1 fully saturated rings. The van der Waals surface area contributed by atoms with Crippen molar-refractivity contribution in [1.29, 1.82) is 0 Å². The molecule has 0 atom stereocenters. The summed E-state index contributed by atoms with van der Waals surface area (Å²) in [5.74, 6) is -0.170. The first-order valence-corrected chi connectivity index (χ1v) is 9.69. The van der Waals surface area contributed by atoms with Gasteiger partial charge in [0, 0.05) is 55.9 Å². The highest BCUT2D eigenvalue weighted by atomic mass is 19.1. The lowest BCUT2D eigenvalue weighted by molar-refractivity contribution is -0.116. The molecule has 144 valence electrons. The molecule has 3 aromatic carbocycles. The van der Waals surface area contributed by atoms with E-state index in [9.17, 15) is 9.18 Å². The van der Waals surface area contributed by atoms with Gasteiger partial charge in [-0.25, -0.2) is 4.39 Å². The normalized spacial score (nSPS) is 15.0. The molecule has 0 bridgehead atoms. The van der Waals surface area contributed by atoms with Crippen molar-refractivity contribution in [3.63, 3.8) is 0 Å². The van der Waals surface area contributed by atoms with Crippen LogP contribution >= 0.6 is 0 Å². The molecule has 1 aliphatic rings.